The summed E-state index contributed by atoms with van der Waals surface area (Å²) in [4.78, 5) is 12.4. The van der Waals surface area contributed by atoms with E-state index in [-0.39, 0.29) is 11.7 Å². The van der Waals surface area contributed by atoms with Crippen molar-refractivity contribution in [2.24, 2.45) is 0 Å². The molecule has 0 aliphatic heterocycles. The quantitative estimate of drug-likeness (QED) is 0.522. The van der Waals surface area contributed by atoms with Crippen LogP contribution in [0.5, 0.6) is 5.75 Å². The maximum atomic E-state index is 12.4. The van der Waals surface area contributed by atoms with Crippen LogP contribution >= 0.6 is 0 Å². The number of methoxy groups -OCH3 is 1. The van der Waals surface area contributed by atoms with E-state index >= 15 is 0 Å². The lowest BCUT2D eigenvalue weighted by Crippen LogP contribution is -2.25. The normalized spacial score (nSPS) is 12.2. The third-order valence-electron chi connectivity index (χ3n) is 4.84. The zero-order valence-corrected chi connectivity index (χ0v) is 15.5. The van der Waals surface area contributed by atoms with Crippen LogP contribution in [-0.2, 0) is 0 Å². The monoisotopic (exact) mass is 375 g/mol. The average Bonchev–Trinajstić information content (AvgIpc) is 3.17. The number of amides is 1. The van der Waals surface area contributed by atoms with Gasteiger partial charge in [0.25, 0.3) is 5.91 Å². The van der Waals surface area contributed by atoms with Crippen molar-refractivity contribution in [3.63, 3.8) is 0 Å². The van der Waals surface area contributed by atoms with Crippen LogP contribution in [0.4, 0.5) is 0 Å². The van der Waals surface area contributed by atoms with E-state index in [0.29, 0.717) is 24.3 Å². The lowest BCUT2D eigenvalue weighted by molar-refractivity contribution is 0.0917. The predicted octanol–water partition coefficient (Wildman–Crippen LogP) is 4.45. The highest BCUT2D eigenvalue weighted by Gasteiger charge is 2.16. The molecule has 4 rings (SSSR count). The summed E-state index contributed by atoms with van der Waals surface area (Å²) in [6.45, 7) is 0.331. The van der Waals surface area contributed by atoms with E-state index in [4.69, 9.17) is 9.15 Å². The molecule has 2 N–H and O–H groups in total. The molecular formula is C23H21NO4. The molecule has 28 heavy (non-hydrogen) atoms. The molecule has 0 aliphatic carbocycles. The molecule has 1 heterocycles. The number of ether oxygens (including phenoxy) is 1. The fourth-order valence-electron chi connectivity index (χ4n) is 3.42. The largest absolute Gasteiger partial charge is 0.493 e. The molecule has 4 aromatic rings. The standard InChI is InChI=1S/C23H21NO4/c1-27-20-11-5-8-16-14-21(28-22(16)20)23(26)24-13-12-19(25)18-10-4-7-15-6-2-3-9-17(15)18/h2-11,14,19,25H,12-13H2,1H3,(H,24,26). The molecule has 0 saturated carbocycles. The molecule has 1 atom stereocenters. The topological polar surface area (TPSA) is 71.7 Å². The van der Waals surface area contributed by atoms with Gasteiger partial charge in [0.05, 0.1) is 13.2 Å². The van der Waals surface area contributed by atoms with Crippen molar-refractivity contribution in [2.45, 2.75) is 12.5 Å². The number of rotatable bonds is 6. The molecule has 0 fully saturated rings. The number of fused-ring (bicyclic) bond motifs is 2. The Labute approximate surface area is 162 Å². The number of aliphatic hydroxyl groups is 1. The average molecular weight is 375 g/mol. The maximum absolute atomic E-state index is 12.4. The van der Waals surface area contributed by atoms with E-state index in [1.54, 1.807) is 19.2 Å². The van der Waals surface area contributed by atoms with E-state index in [2.05, 4.69) is 5.32 Å². The summed E-state index contributed by atoms with van der Waals surface area (Å²) < 4.78 is 10.9. The maximum Gasteiger partial charge on any atom is 0.287 e. The minimum atomic E-state index is -0.665. The third kappa shape index (κ3) is 3.44. The van der Waals surface area contributed by atoms with Gasteiger partial charge in [-0.15, -0.1) is 0 Å². The summed E-state index contributed by atoms with van der Waals surface area (Å²) in [5.41, 5.74) is 1.41. The molecule has 1 aromatic heterocycles. The van der Waals surface area contributed by atoms with Crippen molar-refractivity contribution in [1.29, 1.82) is 0 Å². The second kappa shape index (κ2) is 7.74. The number of hydrogen-bond acceptors (Lipinski definition) is 4. The minimum Gasteiger partial charge on any atom is -0.493 e. The van der Waals surface area contributed by atoms with Crippen LogP contribution in [0.25, 0.3) is 21.7 Å². The van der Waals surface area contributed by atoms with Gasteiger partial charge in [-0.1, -0.05) is 54.6 Å². The fourth-order valence-corrected chi connectivity index (χ4v) is 3.42. The van der Waals surface area contributed by atoms with Crippen molar-refractivity contribution in [3.05, 3.63) is 78.1 Å². The SMILES string of the molecule is COc1cccc2cc(C(=O)NCCC(O)c3cccc4ccccc34)oc12. The van der Waals surface area contributed by atoms with Gasteiger partial charge in [-0.05, 0) is 34.9 Å². The van der Waals surface area contributed by atoms with E-state index in [9.17, 15) is 9.90 Å². The first-order valence-corrected chi connectivity index (χ1v) is 9.18. The zero-order valence-electron chi connectivity index (χ0n) is 15.5. The lowest BCUT2D eigenvalue weighted by Gasteiger charge is -2.14. The number of hydrogen-bond donors (Lipinski definition) is 2. The second-order valence-electron chi connectivity index (χ2n) is 6.62. The van der Waals surface area contributed by atoms with Crippen molar-refractivity contribution in [2.75, 3.05) is 13.7 Å². The van der Waals surface area contributed by atoms with Gasteiger partial charge in [0.15, 0.2) is 17.1 Å². The van der Waals surface area contributed by atoms with Crippen LogP contribution in [0.2, 0.25) is 0 Å². The highest BCUT2D eigenvalue weighted by atomic mass is 16.5. The number of furan rings is 1. The Morgan fingerprint density at radius 1 is 1.07 bits per heavy atom. The number of benzene rings is 3. The fraction of sp³-hybridized carbons (Fsp3) is 0.174. The highest BCUT2D eigenvalue weighted by Crippen LogP contribution is 2.29. The molecule has 3 aromatic carbocycles. The molecule has 5 nitrogen and oxygen atoms in total. The molecule has 1 unspecified atom stereocenters. The van der Waals surface area contributed by atoms with Crippen LogP contribution in [0, 0.1) is 0 Å². The van der Waals surface area contributed by atoms with E-state index in [1.807, 2.05) is 54.6 Å². The summed E-state index contributed by atoms with van der Waals surface area (Å²) in [6.07, 6.45) is -0.259. The lowest BCUT2D eigenvalue weighted by atomic mass is 9.99. The van der Waals surface area contributed by atoms with Crippen molar-refractivity contribution < 1.29 is 19.1 Å². The molecule has 1 amide bonds. The Morgan fingerprint density at radius 2 is 1.82 bits per heavy atom. The molecule has 5 heteroatoms. The molecule has 142 valence electrons. The van der Waals surface area contributed by atoms with Gasteiger partial charge in [-0.25, -0.2) is 0 Å². The number of aliphatic hydroxyl groups excluding tert-OH is 1. The van der Waals surface area contributed by atoms with Gasteiger partial charge in [0.2, 0.25) is 0 Å². The highest BCUT2D eigenvalue weighted by molar-refractivity contribution is 5.97. The number of para-hydroxylation sites is 1. The molecule has 0 aliphatic rings. The molecule has 0 radical (unpaired) electrons. The van der Waals surface area contributed by atoms with Crippen LogP contribution in [-0.4, -0.2) is 24.7 Å². The molecule has 0 saturated heterocycles. The molecule has 0 spiro atoms. The number of nitrogens with one attached hydrogen (secondary N) is 1. The summed E-state index contributed by atoms with van der Waals surface area (Å²) in [6, 6.07) is 21.0. The van der Waals surface area contributed by atoms with Crippen LogP contribution < -0.4 is 10.1 Å². The number of carbonyl (C=O) groups is 1. The van der Waals surface area contributed by atoms with E-state index in [0.717, 1.165) is 21.7 Å². The van der Waals surface area contributed by atoms with Gasteiger partial charge >= 0.3 is 0 Å². The third-order valence-corrected chi connectivity index (χ3v) is 4.84. The first-order valence-electron chi connectivity index (χ1n) is 9.18. The van der Waals surface area contributed by atoms with Crippen LogP contribution in [0.1, 0.15) is 28.6 Å². The second-order valence-corrected chi connectivity index (χ2v) is 6.62. The van der Waals surface area contributed by atoms with Crippen molar-refractivity contribution in [3.8, 4) is 5.75 Å². The first kappa shape index (κ1) is 18.1. The zero-order chi connectivity index (χ0) is 19.5. The Hall–Kier alpha value is -3.31. The smallest absolute Gasteiger partial charge is 0.287 e. The van der Waals surface area contributed by atoms with Gasteiger partial charge < -0.3 is 19.6 Å². The van der Waals surface area contributed by atoms with E-state index < -0.39 is 6.10 Å². The first-order chi connectivity index (χ1) is 13.7. The van der Waals surface area contributed by atoms with Gasteiger partial charge in [0.1, 0.15) is 0 Å². The molecule has 0 bridgehead atoms. The Kier molecular flexibility index (Phi) is 5.00. The Balaban J connectivity index is 1.43. The van der Waals surface area contributed by atoms with Crippen molar-refractivity contribution in [1.82, 2.24) is 5.32 Å². The van der Waals surface area contributed by atoms with Crippen LogP contribution in [0.15, 0.2) is 71.1 Å². The van der Waals surface area contributed by atoms with Crippen molar-refractivity contribution >= 4 is 27.6 Å². The Morgan fingerprint density at radius 3 is 2.68 bits per heavy atom. The minimum absolute atomic E-state index is 0.221. The summed E-state index contributed by atoms with van der Waals surface area (Å²) in [5, 5.41) is 16.3. The summed E-state index contributed by atoms with van der Waals surface area (Å²) in [7, 11) is 1.56. The summed E-state index contributed by atoms with van der Waals surface area (Å²) in [5.74, 6) is 0.491. The summed E-state index contributed by atoms with van der Waals surface area (Å²) >= 11 is 0. The van der Waals surface area contributed by atoms with E-state index in [1.165, 1.54) is 0 Å². The molecular weight excluding hydrogens is 354 g/mol. The number of carbonyl (C=O) groups excluding carboxylic acids is 1. The van der Waals surface area contributed by atoms with Gasteiger partial charge in [-0.3, -0.25) is 4.79 Å². The Bertz CT molecular complexity index is 1130. The van der Waals surface area contributed by atoms with Gasteiger partial charge in [-0.2, -0.15) is 0 Å². The van der Waals surface area contributed by atoms with Gasteiger partial charge in [0, 0.05) is 11.9 Å². The predicted molar refractivity (Wildman–Crippen MR) is 109 cm³/mol. The van der Waals surface area contributed by atoms with Crippen LogP contribution in [0.3, 0.4) is 0 Å².